The van der Waals surface area contributed by atoms with Gasteiger partial charge in [-0.2, -0.15) is 0 Å². The van der Waals surface area contributed by atoms with E-state index in [1.165, 1.54) is 6.92 Å². The summed E-state index contributed by atoms with van der Waals surface area (Å²) in [5.41, 5.74) is -3.78. The number of carboxylic acid groups (broad SMARTS) is 1. The molecule has 0 aromatic heterocycles. The molecule has 25 atom stereocenters. The summed E-state index contributed by atoms with van der Waals surface area (Å²) >= 11 is 0. The summed E-state index contributed by atoms with van der Waals surface area (Å²) in [6, 6.07) is 0. The van der Waals surface area contributed by atoms with Gasteiger partial charge in [0.25, 0.3) is 0 Å². The molecule has 21 nitrogen and oxygen atoms in total. The predicted octanol–water partition coefficient (Wildman–Crippen LogP) is -1.82. The summed E-state index contributed by atoms with van der Waals surface area (Å²) in [4.78, 5) is 28.6. The minimum absolute atomic E-state index is 0.0656. The molecule has 5 aliphatic carbocycles. The number of aliphatic hydroxyl groups excluding tert-OH is 12. The van der Waals surface area contributed by atoms with Gasteiger partial charge in [-0.1, -0.05) is 46.3 Å². The molecule has 394 valence electrons. The lowest BCUT2D eigenvalue weighted by molar-refractivity contribution is -0.382. The zero-order chi connectivity index (χ0) is 50.7. The molecule has 3 saturated heterocycles. The molecule has 3 heterocycles. The number of ether oxygens (including phenoxy) is 6. The van der Waals surface area contributed by atoms with Gasteiger partial charge in [0.2, 0.25) is 6.29 Å². The first-order valence-corrected chi connectivity index (χ1v) is 24.6. The van der Waals surface area contributed by atoms with Crippen LogP contribution in [-0.4, -0.2) is 202 Å². The summed E-state index contributed by atoms with van der Waals surface area (Å²) in [5.74, 6) is -3.00. The lowest BCUT2D eigenvalue weighted by Gasteiger charge is -2.71. The van der Waals surface area contributed by atoms with E-state index in [4.69, 9.17) is 28.4 Å². The fraction of sp³-hybridized carbons (Fsp3) is 0.917. The number of aliphatic carboxylic acids is 1. The number of allylic oxidation sites excluding steroid dienone is 2. The van der Waals surface area contributed by atoms with Crippen molar-refractivity contribution in [2.45, 2.75) is 204 Å². The number of carbonyl (C=O) groups excluding carboxylic acids is 1. The zero-order valence-electron chi connectivity index (χ0n) is 40.2. The molecule has 7 fully saturated rings. The molecule has 0 aromatic rings. The molecule has 0 amide bonds. The number of hydrogen-bond acceptors (Lipinski definition) is 20. The SMILES string of the molecule is CC1(C)CCC2(C(=O)OC3OC(CO)C(O)C(O)C3O)CCC3(C)C(=CCC4C5(C)CC(O)C(OC6OC(CO)C(O)C(O)C6OC6OC(CO)C(O)C(O)C6O)C(C)(C(=O)O)C5CCC43C)C2C1. The van der Waals surface area contributed by atoms with E-state index in [2.05, 4.69) is 33.8 Å². The highest BCUT2D eigenvalue weighted by atomic mass is 16.8. The van der Waals surface area contributed by atoms with Crippen LogP contribution < -0.4 is 0 Å². The van der Waals surface area contributed by atoms with Crippen LogP contribution in [0.25, 0.3) is 0 Å². The van der Waals surface area contributed by atoms with Crippen molar-refractivity contribution in [3.05, 3.63) is 11.6 Å². The second kappa shape index (κ2) is 18.7. The Morgan fingerprint density at radius 1 is 0.623 bits per heavy atom. The maximum absolute atomic E-state index is 14.7. The standard InChI is InChI=1S/C48H76O21/c1-43(2)11-13-48(42(63)69-39-35(60)32(57)29(54)24(18-50)65-39)14-12-45(4)20(21(48)15-43)7-8-26-44(3)16-22(52)37(47(6,41(61)62)27(44)9-10-46(26,45)5)68-40-36(33(58)30(55)25(19-51)66-40)67-38-34(59)31(56)28(53)23(17-49)64-38/h7,21-40,49-60H,8-19H2,1-6H3,(H,61,62). The Morgan fingerprint density at radius 2 is 1.16 bits per heavy atom. The second-order valence-corrected chi connectivity index (χ2v) is 23.4. The number of hydrogen-bond donors (Lipinski definition) is 13. The van der Waals surface area contributed by atoms with Crippen LogP contribution in [-0.2, 0) is 38.0 Å². The van der Waals surface area contributed by atoms with Crippen LogP contribution in [0.5, 0.6) is 0 Å². The monoisotopic (exact) mass is 988 g/mol. The van der Waals surface area contributed by atoms with Gasteiger partial charge < -0.3 is 94.8 Å². The second-order valence-electron chi connectivity index (χ2n) is 23.4. The third-order valence-corrected chi connectivity index (χ3v) is 19.4. The van der Waals surface area contributed by atoms with Crippen molar-refractivity contribution < 1.29 is 104 Å². The maximum atomic E-state index is 14.7. The number of carbonyl (C=O) groups is 2. The third-order valence-electron chi connectivity index (χ3n) is 19.4. The summed E-state index contributed by atoms with van der Waals surface area (Å²) < 4.78 is 35.3. The number of aliphatic hydroxyl groups is 12. The molecular weight excluding hydrogens is 913 g/mol. The summed E-state index contributed by atoms with van der Waals surface area (Å²) in [5, 5.41) is 139. The smallest absolute Gasteiger partial charge is 0.315 e. The highest BCUT2D eigenvalue weighted by Crippen LogP contribution is 2.76. The van der Waals surface area contributed by atoms with Crippen LogP contribution in [0.4, 0.5) is 0 Å². The van der Waals surface area contributed by atoms with E-state index in [-0.39, 0.29) is 23.7 Å². The van der Waals surface area contributed by atoms with E-state index in [0.29, 0.717) is 51.4 Å². The van der Waals surface area contributed by atoms with Crippen LogP contribution in [0.2, 0.25) is 0 Å². The molecule has 0 spiro atoms. The average Bonchev–Trinajstić information content (AvgIpc) is 3.29. The highest BCUT2D eigenvalue weighted by Gasteiger charge is 2.73. The Morgan fingerprint density at radius 3 is 1.74 bits per heavy atom. The Hall–Kier alpha value is -2.00. The number of esters is 1. The molecule has 13 N–H and O–H groups in total. The molecule has 3 aliphatic heterocycles. The fourth-order valence-electron chi connectivity index (χ4n) is 15.1. The molecule has 0 radical (unpaired) electrons. The first-order valence-electron chi connectivity index (χ1n) is 24.6. The number of carboxylic acids is 1. The van der Waals surface area contributed by atoms with Gasteiger partial charge in [0.15, 0.2) is 12.6 Å². The van der Waals surface area contributed by atoms with Crippen LogP contribution in [0.15, 0.2) is 11.6 Å². The average molecular weight is 989 g/mol. The maximum Gasteiger partial charge on any atom is 0.315 e. The predicted molar refractivity (Wildman–Crippen MR) is 234 cm³/mol. The molecule has 0 bridgehead atoms. The molecule has 8 aliphatic rings. The Bertz CT molecular complexity index is 1930. The normalized spacial score (nSPS) is 53.9. The summed E-state index contributed by atoms with van der Waals surface area (Å²) in [6.45, 7) is 10.00. The van der Waals surface area contributed by atoms with Crippen LogP contribution >= 0.6 is 0 Å². The Balaban J connectivity index is 1.09. The van der Waals surface area contributed by atoms with E-state index in [0.717, 1.165) is 5.57 Å². The van der Waals surface area contributed by atoms with Crippen molar-refractivity contribution in [3.8, 4) is 0 Å². The largest absolute Gasteiger partial charge is 0.481 e. The van der Waals surface area contributed by atoms with Crippen molar-refractivity contribution >= 4 is 11.9 Å². The van der Waals surface area contributed by atoms with E-state index in [9.17, 15) is 76.0 Å². The molecule has 0 aromatic carbocycles. The van der Waals surface area contributed by atoms with Crippen LogP contribution in [0.1, 0.15) is 99.3 Å². The molecule has 69 heavy (non-hydrogen) atoms. The van der Waals surface area contributed by atoms with Crippen LogP contribution in [0.3, 0.4) is 0 Å². The van der Waals surface area contributed by atoms with Crippen molar-refractivity contribution in [2.24, 2.45) is 50.2 Å². The third kappa shape index (κ3) is 8.16. The Labute approximate surface area is 400 Å². The van der Waals surface area contributed by atoms with Gasteiger partial charge in [0.1, 0.15) is 79.4 Å². The van der Waals surface area contributed by atoms with E-state index in [1.807, 2.05) is 6.92 Å². The zero-order valence-corrected chi connectivity index (χ0v) is 40.2. The van der Waals surface area contributed by atoms with Crippen molar-refractivity contribution in [3.63, 3.8) is 0 Å². The highest BCUT2D eigenvalue weighted by molar-refractivity contribution is 5.79. The van der Waals surface area contributed by atoms with Crippen molar-refractivity contribution in [2.75, 3.05) is 19.8 Å². The van der Waals surface area contributed by atoms with Gasteiger partial charge in [-0.05, 0) is 104 Å². The van der Waals surface area contributed by atoms with Crippen LogP contribution in [0, 0.1) is 50.2 Å². The van der Waals surface area contributed by atoms with Gasteiger partial charge in [0.05, 0.1) is 36.8 Å². The minimum atomic E-state index is -1.94. The van der Waals surface area contributed by atoms with Gasteiger partial charge in [-0.25, -0.2) is 0 Å². The van der Waals surface area contributed by atoms with Crippen molar-refractivity contribution in [1.82, 2.24) is 0 Å². The molecule has 25 unspecified atom stereocenters. The van der Waals surface area contributed by atoms with E-state index >= 15 is 0 Å². The molecule has 21 heteroatoms. The van der Waals surface area contributed by atoms with Gasteiger partial charge in [-0.3, -0.25) is 9.59 Å². The van der Waals surface area contributed by atoms with Crippen molar-refractivity contribution in [1.29, 1.82) is 0 Å². The molecular formula is C48H76O21. The lowest BCUT2D eigenvalue weighted by atomic mass is 9.33. The first-order chi connectivity index (χ1) is 32.2. The Kier molecular flexibility index (Phi) is 14.5. The number of fused-ring (bicyclic) bond motifs is 7. The quantitative estimate of drug-likeness (QED) is 0.0651. The topological polar surface area (TPSA) is 353 Å². The summed E-state index contributed by atoms with van der Waals surface area (Å²) in [7, 11) is 0. The minimum Gasteiger partial charge on any atom is -0.481 e. The summed E-state index contributed by atoms with van der Waals surface area (Å²) in [6.07, 6.45) is -22.1. The van der Waals surface area contributed by atoms with Gasteiger partial charge in [0, 0.05) is 0 Å². The lowest BCUT2D eigenvalue weighted by Crippen LogP contribution is -2.70. The molecule has 8 rings (SSSR count). The van der Waals surface area contributed by atoms with Gasteiger partial charge in [-0.15, -0.1) is 0 Å². The first kappa shape index (κ1) is 53.3. The van der Waals surface area contributed by atoms with Gasteiger partial charge >= 0.3 is 11.9 Å². The molecule has 4 saturated carbocycles. The fourth-order valence-corrected chi connectivity index (χ4v) is 15.1. The number of rotatable bonds is 10. The van der Waals surface area contributed by atoms with E-state index < -0.39 is 169 Å². The van der Waals surface area contributed by atoms with E-state index in [1.54, 1.807) is 0 Å².